The quantitative estimate of drug-likeness (QED) is 0.144. The maximum absolute atomic E-state index is 14.0. The molecule has 4 heterocycles. The molecule has 12 nitrogen and oxygen atoms in total. The number of imide groups is 1. The van der Waals surface area contributed by atoms with E-state index in [-0.39, 0.29) is 46.7 Å². The summed E-state index contributed by atoms with van der Waals surface area (Å²) in [6.45, 7) is 4.65. The zero-order valence-electron chi connectivity index (χ0n) is 30.9. The van der Waals surface area contributed by atoms with Gasteiger partial charge in [0.15, 0.2) is 11.9 Å². The molecule has 3 aromatic carbocycles. The SMILES string of the molecule is Nc1nnc(-c2cc(F)ccc2O)cc1N1CCC(CNC(=O)CCCN2CCC(c3ccc(OC4CCC(=O)NC4=O)cc3)CC2)(c2ccccc2)CC1. The average Bonchev–Trinajstić information content (AvgIpc) is 3.20. The van der Waals surface area contributed by atoms with Crippen molar-refractivity contribution in [1.82, 2.24) is 25.7 Å². The van der Waals surface area contributed by atoms with Crippen LogP contribution in [-0.2, 0) is 19.8 Å². The van der Waals surface area contributed by atoms with Crippen LogP contribution in [0, 0.1) is 5.82 Å². The highest BCUT2D eigenvalue weighted by molar-refractivity contribution is 5.99. The summed E-state index contributed by atoms with van der Waals surface area (Å²) in [6, 6.07) is 23.7. The Morgan fingerprint density at radius 2 is 1.71 bits per heavy atom. The number of ether oxygens (including phenoxy) is 1. The van der Waals surface area contributed by atoms with Gasteiger partial charge in [0.2, 0.25) is 11.8 Å². The van der Waals surface area contributed by atoms with Gasteiger partial charge in [-0.3, -0.25) is 19.7 Å². The Kier molecular flexibility index (Phi) is 11.6. The number of rotatable bonds is 12. The van der Waals surface area contributed by atoms with Crippen LogP contribution in [0.25, 0.3) is 11.3 Å². The molecular formula is C42H48FN7O5. The highest BCUT2D eigenvalue weighted by Crippen LogP contribution is 2.39. The number of piperidine rings is 3. The Bertz CT molecular complexity index is 1980. The maximum Gasteiger partial charge on any atom is 0.267 e. The fourth-order valence-electron chi connectivity index (χ4n) is 8.10. The van der Waals surface area contributed by atoms with E-state index in [2.05, 4.69) is 54.9 Å². The molecule has 13 heteroatoms. The van der Waals surface area contributed by atoms with Crippen LogP contribution in [0.3, 0.4) is 0 Å². The standard InChI is InChI=1S/C42H48FN7O5/c43-31-10-13-36(51)33(25-31)34-26-35(40(44)48-47-34)50-23-18-42(19-24-50,30-5-2-1-3-6-30)27-45-38(52)7-4-20-49-21-16-29(17-22-49)28-8-11-32(12-9-28)55-37-14-15-39(53)46-41(37)54/h1-3,5-6,8-13,25-26,29,37,51H,4,7,14-24,27H2,(H2,44,48)(H,45,52)(H,46,53,54). The van der Waals surface area contributed by atoms with E-state index >= 15 is 0 Å². The molecule has 1 aromatic heterocycles. The maximum atomic E-state index is 14.0. The summed E-state index contributed by atoms with van der Waals surface area (Å²) in [5, 5.41) is 24.2. The molecule has 288 valence electrons. The third-order valence-corrected chi connectivity index (χ3v) is 11.4. The summed E-state index contributed by atoms with van der Waals surface area (Å²) in [7, 11) is 0. The van der Waals surface area contributed by atoms with Crippen LogP contribution in [0.1, 0.15) is 68.4 Å². The lowest BCUT2D eigenvalue weighted by Gasteiger charge is -2.43. The van der Waals surface area contributed by atoms with Crippen LogP contribution in [0.15, 0.2) is 78.9 Å². The number of hydrogen-bond donors (Lipinski definition) is 4. The summed E-state index contributed by atoms with van der Waals surface area (Å²) in [5.74, 6) is 0.171. The molecule has 0 bridgehead atoms. The van der Waals surface area contributed by atoms with E-state index in [1.54, 1.807) is 6.07 Å². The van der Waals surface area contributed by atoms with Crippen molar-refractivity contribution in [3.8, 4) is 22.8 Å². The first-order valence-electron chi connectivity index (χ1n) is 19.2. The zero-order chi connectivity index (χ0) is 38.4. The van der Waals surface area contributed by atoms with E-state index in [4.69, 9.17) is 10.5 Å². The molecule has 0 radical (unpaired) electrons. The molecule has 0 spiro atoms. The number of likely N-dealkylation sites (tertiary alicyclic amines) is 1. The van der Waals surface area contributed by atoms with Crippen molar-refractivity contribution in [1.29, 1.82) is 0 Å². The number of phenolic OH excluding ortho intramolecular Hbond substituents is 1. The van der Waals surface area contributed by atoms with Gasteiger partial charge < -0.3 is 30.7 Å². The van der Waals surface area contributed by atoms with Crippen molar-refractivity contribution in [3.63, 3.8) is 0 Å². The number of aromatic hydroxyl groups is 1. The second kappa shape index (κ2) is 16.8. The van der Waals surface area contributed by atoms with Crippen molar-refractivity contribution in [3.05, 3.63) is 95.8 Å². The molecule has 55 heavy (non-hydrogen) atoms. The average molecular weight is 750 g/mol. The molecule has 3 aliphatic rings. The number of anilines is 2. The van der Waals surface area contributed by atoms with Crippen LogP contribution in [-0.4, -0.2) is 83.3 Å². The number of nitrogens with one attached hydrogen (secondary N) is 2. The molecule has 5 N–H and O–H groups in total. The lowest BCUT2D eigenvalue weighted by atomic mass is 9.72. The monoisotopic (exact) mass is 749 g/mol. The summed E-state index contributed by atoms with van der Waals surface area (Å²) in [4.78, 5) is 41.2. The molecule has 3 saturated heterocycles. The fourth-order valence-corrected chi connectivity index (χ4v) is 8.10. The minimum Gasteiger partial charge on any atom is -0.507 e. The summed E-state index contributed by atoms with van der Waals surface area (Å²) in [6.07, 6.45) is 4.88. The van der Waals surface area contributed by atoms with Crippen molar-refractivity contribution < 1.29 is 28.6 Å². The third-order valence-electron chi connectivity index (χ3n) is 11.4. The first-order chi connectivity index (χ1) is 26.7. The van der Waals surface area contributed by atoms with E-state index < -0.39 is 11.9 Å². The normalized spacial score (nSPS) is 19.1. The van der Waals surface area contributed by atoms with Gasteiger partial charge in [-0.05, 0) is 105 Å². The van der Waals surface area contributed by atoms with Crippen molar-refractivity contribution >= 4 is 29.2 Å². The number of phenols is 1. The second-order valence-corrected chi connectivity index (χ2v) is 14.9. The minimum absolute atomic E-state index is 0.0503. The molecular weight excluding hydrogens is 702 g/mol. The molecule has 1 atom stereocenters. The van der Waals surface area contributed by atoms with Crippen molar-refractivity contribution in [2.75, 3.05) is 49.9 Å². The molecule has 3 amide bonds. The van der Waals surface area contributed by atoms with Crippen LogP contribution in [0.4, 0.5) is 15.9 Å². The van der Waals surface area contributed by atoms with Crippen molar-refractivity contribution in [2.45, 2.75) is 68.8 Å². The molecule has 3 aliphatic heterocycles. The lowest BCUT2D eigenvalue weighted by Crippen LogP contribution is -2.49. The molecule has 4 aromatic rings. The number of nitrogens with zero attached hydrogens (tertiary/aromatic N) is 4. The summed E-state index contributed by atoms with van der Waals surface area (Å²) < 4.78 is 19.8. The summed E-state index contributed by atoms with van der Waals surface area (Å²) in [5.41, 5.74) is 9.72. The van der Waals surface area contributed by atoms with Gasteiger partial charge in [-0.1, -0.05) is 42.5 Å². The van der Waals surface area contributed by atoms with Crippen LogP contribution >= 0.6 is 0 Å². The van der Waals surface area contributed by atoms with E-state index in [0.29, 0.717) is 55.5 Å². The van der Waals surface area contributed by atoms with E-state index in [0.717, 1.165) is 51.7 Å². The van der Waals surface area contributed by atoms with Crippen LogP contribution < -0.4 is 26.0 Å². The van der Waals surface area contributed by atoms with E-state index in [9.17, 15) is 23.9 Å². The van der Waals surface area contributed by atoms with E-state index in [1.807, 2.05) is 30.3 Å². The Hall–Kier alpha value is -5.56. The first-order valence-corrected chi connectivity index (χ1v) is 19.2. The molecule has 0 aliphatic carbocycles. The Morgan fingerprint density at radius 3 is 2.44 bits per heavy atom. The van der Waals surface area contributed by atoms with E-state index in [1.165, 1.54) is 29.3 Å². The smallest absolute Gasteiger partial charge is 0.267 e. The third kappa shape index (κ3) is 9.05. The van der Waals surface area contributed by atoms with Gasteiger partial charge in [0, 0.05) is 49.9 Å². The number of nitrogen functional groups attached to an aromatic ring is 1. The van der Waals surface area contributed by atoms with Gasteiger partial charge in [0.25, 0.3) is 5.91 Å². The van der Waals surface area contributed by atoms with Gasteiger partial charge in [0.1, 0.15) is 17.3 Å². The number of amides is 3. The number of carbonyl (C=O) groups excluding carboxylic acids is 3. The molecule has 3 fully saturated rings. The number of nitrogens with two attached hydrogens (primary N) is 1. The number of carbonyl (C=O) groups is 3. The fraction of sp³-hybridized carbons (Fsp3) is 0.405. The molecule has 1 unspecified atom stereocenters. The predicted molar refractivity (Wildman–Crippen MR) is 207 cm³/mol. The second-order valence-electron chi connectivity index (χ2n) is 14.9. The van der Waals surface area contributed by atoms with Crippen molar-refractivity contribution in [2.24, 2.45) is 0 Å². The highest BCUT2D eigenvalue weighted by atomic mass is 19.1. The minimum atomic E-state index is -0.642. The number of hydrogen-bond acceptors (Lipinski definition) is 10. The van der Waals surface area contributed by atoms with Crippen LogP contribution in [0.5, 0.6) is 11.5 Å². The number of aromatic nitrogens is 2. The van der Waals surface area contributed by atoms with Gasteiger partial charge in [-0.15, -0.1) is 10.2 Å². The molecule has 0 saturated carbocycles. The Labute approximate surface area is 320 Å². The highest BCUT2D eigenvalue weighted by Gasteiger charge is 2.37. The molecule has 7 rings (SSSR count). The van der Waals surface area contributed by atoms with Gasteiger partial charge >= 0.3 is 0 Å². The topological polar surface area (TPSA) is 163 Å². The lowest BCUT2D eigenvalue weighted by molar-refractivity contribution is -0.138. The van der Waals surface area contributed by atoms with Crippen LogP contribution in [0.2, 0.25) is 0 Å². The van der Waals surface area contributed by atoms with Gasteiger partial charge in [-0.2, -0.15) is 0 Å². The number of halogens is 1. The Morgan fingerprint density at radius 1 is 0.964 bits per heavy atom. The van der Waals surface area contributed by atoms with Gasteiger partial charge in [0.05, 0.1) is 11.4 Å². The van der Waals surface area contributed by atoms with Gasteiger partial charge in [-0.25, -0.2) is 4.39 Å². The number of benzene rings is 3. The Balaban J connectivity index is 0.877. The predicted octanol–water partition coefficient (Wildman–Crippen LogP) is 5.07. The summed E-state index contributed by atoms with van der Waals surface area (Å²) >= 11 is 0. The first kappa shape index (κ1) is 37.7. The largest absolute Gasteiger partial charge is 0.507 e. The zero-order valence-corrected chi connectivity index (χ0v) is 30.9.